The minimum atomic E-state index is -2.24. The summed E-state index contributed by atoms with van der Waals surface area (Å²) in [5.74, 6) is -0.477. The Morgan fingerprint density at radius 3 is 2.55 bits per heavy atom. The predicted octanol–water partition coefficient (Wildman–Crippen LogP) is 2.86. The van der Waals surface area contributed by atoms with E-state index in [9.17, 15) is 14.6 Å². The fourth-order valence-electron chi connectivity index (χ4n) is 2.80. The van der Waals surface area contributed by atoms with Gasteiger partial charge in [0.15, 0.2) is 5.67 Å². The quantitative estimate of drug-likeness (QED) is 0.885. The van der Waals surface area contributed by atoms with Gasteiger partial charge in [0.25, 0.3) is 0 Å². The molecule has 1 unspecified atom stereocenters. The molecule has 0 fully saturated rings. The molecule has 0 aromatic heterocycles. The van der Waals surface area contributed by atoms with Gasteiger partial charge in [0.1, 0.15) is 18.0 Å². The summed E-state index contributed by atoms with van der Waals surface area (Å²) in [6.45, 7) is 0. The summed E-state index contributed by atoms with van der Waals surface area (Å²) < 4.78 is 28.3. The van der Waals surface area contributed by atoms with Crippen molar-refractivity contribution in [2.75, 3.05) is 0 Å². The van der Waals surface area contributed by atoms with Gasteiger partial charge in [-0.05, 0) is 28.8 Å². The maximum Gasteiger partial charge on any atom is 0.174 e. The summed E-state index contributed by atoms with van der Waals surface area (Å²) in [5.41, 5.74) is -1.11. The Labute approximate surface area is 115 Å². The number of aliphatic hydroxyl groups excluding tert-OH is 2. The van der Waals surface area contributed by atoms with E-state index < -0.39 is 23.7 Å². The second-order valence-electron chi connectivity index (χ2n) is 5.16. The van der Waals surface area contributed by atoms with Crippen LogP contribution in [0.3, 0.4) is 0 Å². The van der Waals surface area contributed by atoms with E-state index in [1.54, 1.807) is 30.3 Å². The second-order valence-corrected chi connectivity index (χ2v) is 5.16. The third kappa shape index (κ3) is 1.92. The summed E-state index contributed by atoms with van der Waals surface area (Å²) in [6.07, 6.45) is -3.14. The van der Waals surface area contributed by atoms with Gasteiger partial charge in [0.2, 0.25) is 0 Å². The van der Waals surface area contributed by atoms with Crippen molar-refractivity contribution in [3.8, 4) is 0 Å². The molecule has 3 rings (SSSR count). The first-order valence-electron chi connectivity index (χ1n) is 6.40. The lowest BCUT2D eigenvalue weighted by atomic mass is 9.88. The smallest absolute Gasteiger partial charge is 0.174 e. The number of alkyl halides is 1. The maximum absolute atomic E-state index is 15.1. The van der Waals surface area contributed by atoms with Crippen molar-refractivity contribution in [3.05, 3.63) is 71.0 Å². The van der Waals surface area contributed by atoms with Crippen molar-refractivity contribution in [1.82, 2.24) is 0 Å². The molecule has 0 bridgehead atoms. The molecule has 4 heteroatoms. The first-order chi connectivity index (χ1) is 9.52. The van der Waals surface area contributed by atoms with Crippen LogP contribution in [0.2, 0.25) is 0 Å². The highest BCUT2D eigenvalue weighted by Gasteiger charge is 2.51. The van der Waals surface area contributed by atoms with Crippen LogP contribution in [0.5, 0.6) is 0 Å². The van der Waals surface area contributed by atoms with E-state index in [1.165, 1.54) is 18.2 Å². The molecule has 2 aromatic rings. The third-order valence-electron chi connectivity index (χ3n) is 3.89. The maximum atomic E-state index is 15.1. The zero-order chi connectivity index (χ0) is 14.3. The van der Waals surface area contributed by atoms with Crippen LogP contribution in [0.15, 0.2) is 48.5 Å². The van der Waals surface area contributed by atoms with Crippen LogP contribution in [-0.4, -0.2) is 15.9 Å². The van der Waals surface area contributed by atoms with E-state index in [2.05, 4.69) is 0 Å². The molecule has 20 heavy (non-hydrogen) atoms. The largest absolute Gasteiger partial charge is 0.385 e. The fourth-order valence-corrected chi connectivity index (χ4v) is 2.80. The highest BCUT2D eigenvalue weighted by molar-refractivity contribution is 5.40. The minimum Gasteiger partial charge on any atom is -0.385 e. The Morgan fingerprint density at radius 2 is 1.85 bits per heavy atom. The van der Waals surface area contributed by atoms with Crippen molar-refractivity contribution < 1.29 is 19.0 Å². The van der Waals surface area contributed by atoms with Gasteiger partial charge in [-0.2, -0.15) is 0 Å². The zero-order valence-electron chi connectivity index (χ0n) is 10.6. The Morgan fingerprint density at radius 1 is 1.15 bits per heavy atom. The van der Waals surface area contributed by atoms with Gasteiger partial charge in [-0.1, -0.05) is 36.4 Å². The van der Waals surface area contributed by atoms with E-state index in [0.29, 0.717) is 16.7 Å². The van der Waals surface area contributed by atoms with Gasteiger partial charge >= 0.3 is 0 Å². The molecule has 0 heterocycles. The standard InChI is InChI=1S/C16H14F2O2/c17-12-6-7-13-11(8-12)9-16(18,15(13)20)14(19)10-4-2-1-3-5-10/h1-8,14-15,19-20H,9H2/t14-,15-,16?/m0/s1. The summed E-state index contributed by atoms with van der Waals surface area (Å²) in [7, 11) is 0. The van der Waals surface area contributed by atoms with Crippen molar-refractivity contribution >= 4 is 0 Å². The third-order valence-corrected chi connectivity index (χ3v) is 3.89. The molecule has 0 saturated heterocycles. The number of aliphatic hydroxyl groups is 2. The van der Waals surface area contributed by atoms with E-state index >= 15 is 4.39 Å². The van der Waals surface area contributed by atoms with Crippen molar-refractivity contribution in [1.29, 1.82) is 0 Å². The van der Waals surface area contributed by atoms with Gasteiger partial charge in [0.05, 0.1) is 0 Å². The van der Waals surface area contributed by atoms with Crippen LogP contribution >= 0.6 is 0 Å². The SMILES string of the molecule is O[C@@H](c1ccccc1)C1(F)Cc2cc(F)ccc2[C@@H]1O. The lowest BCUT2D eigenvalue weighted by Gasteiger charge is -2.29. The van der Waals surface area contributed by atoms with E-state index in [-0.39, 0.29) is 6.42 Å². The molecule has 3 atom stereocenters. The molecular weight excluding hydrogens is 262 g/mol. The predicted molar refractivity (Wildman–Crippen MR) is 70.3 cm³/mol. The monoisotopic (exact) mass is 276 g/mol. The first kappa shape index (κ1) is 13.2. The van der Waals surface area contributed by atoms with Crippen LogP contribution in [-0.2, 0) is 6.42 Å². The molecule has 2 N–H and O–H groups in total. The van der Waals surface area contributed by atoms with Crippen LogP contribution in [0.4, 0.5) is 8.78 Å². The van der Waals surface area contributed by atoms with Crippen molar-refractivity contribution in [2.24, 2.45) is 0 Å². The van der Waals surface area contributed by atoms with Crippen LogP contribution in [0, 0.1) is 5.82 Å². The molecular formula is C16H14F2O2. The van der Waals surface area contributed by atoms with Crippen LogP contribution < -0.4 is 0 Å². The molecule has 1 aliphatic rings. The minimum absolute atomic E-state index is 0.211. The molecule has 2 nitrogen and oxygen atoms in total. The average Bonchev–Trinajstić information content (AvgIpc) is 2.71. The zero-order valence-corrected chi connectivity index (χ0v) is 10.6. The number of halogens is 2. The topological polar surface area (TPSA) is 40.5 Å². The number of rotatable bonds is 2. The Balaban J connectivity index is 1.99. The molecule has 0 amide bonds. The number of benzene rings is 2. The van der Waals surface area contributed by atoms with Gasteiger partial charge in [-0.15, -0.1) is 0 Å². The summed E-state index contributed by atoms with van der Waals surface area (Å²) in [4.78, 5) is 0. The normalized spacial score (nSPS) is 26.3. The van der Waals surface area contributed by atoms with Crippen molar-refractivity contribution in [3.63, 3.8) is 0 Å². The molecule has 0 spiro atoms. The molecule has 2 aromatic carbocycles. The average molecular weight is 276 g/mol. The molecule has 0 aliphatic heterocycles. The molecule has 0 radical (unpaired) electrons. The summed E-state index contributed by atoms with van der Waals surface area (Å²) in [5, 5.41) is 20.4. The van der Waals surface area contributed by atoms with E-state index in [0.717, 1.165) is 0 Å². The molecule has 1 aliphatic carbocycles. The van der Waals surface area contributed by atoms with Crippen LogP contribution in [0.25, 0.3) is 0 Å². The lowest BCUT2D eigenvalue weighted by molar-refractivity contribution is -0.0862. The lowest BCUT2D eigenvalue weighted by Crippen LogP contribution is -2.36. The molecule has 104 valence electrons. The Bertz CT molecular complexity index is 630. The Kier molecular flexibility index (Phi) is 3.07. The van der Waals surface area contributed by atoms with Gasteiger partial charge in [-0.3, -0.25) is 0 Å². The van der Waals surface area contributed by atoms with E-state index in [1.807, 2.05) is 0 Å². The fraction of sp³-hybridized carbons (Fsp3) is 0.250. The van der Waals surface area contributed by atoms with Crippen molar-refractivity contribution in [2.45, 2.75) is 24.3 Å². The highest BCUT2D eigenvalue weighted by atomic mass is 19.1. The summed E-state index contributed by atoms with van der Waals surface area (Å²) >= 11 is 0. The highest BCUT2D eigenvalue weighted by Crippen LogP contribution is 2.48. The number of hydrogen-bond donors (Lipinski definition) is 2. The number of fused-ring (bicyclic) bond motifs is 1. The summed E-state index contributed by atoms with van der Waals surface area (Å²) in [6, 6.07) is 12.1. The van der Waals surface area contributed by atoms with Gasteiger partial charge < -0.3 is 10.2 Å². The van der Waals surface area contributed by atoms with Crippen LogP contribution in [0.1, 0.15) is 28.9 Å². The van der Waals surface area contributed by atoms with E-state index in [4.69, 9.17) is 0 Å². The Hall–Kier alpha value is -1.78. The first-order valence-corrected chi connectivity index (χ1v) is 6.40. The van der Waals surface area contributed by atoms with Gasteiger partial charge in [-0.25, -0.2) is 8.78 Å². The number of hydrogen-bond acceptors (Lipinski definition) is 2. The molecule has 0 saturated carbocycles. The van der Waals surface area contributed by atoms with Gasteiger partial charge in [0, 0.05) is 6.42 Å². The second kappa shape index (κ2) is 4.65.